The smallest absolute Gasteiger partial charge is 0.548 e. The predicted octanol–water partition coefficient (Wildman–Crippen LogP) is 1.44. The molecule has 0 aliphatic heterocycles. The number of carbonyl (C=O) groups excluding carboxylic acids is 2. The van der Waals surface area contributed by atoms with Crippen LogP contribution in [-0.2, 0) is 26.7 Å². The number of carboxylic acids is 2. The van der Waals surface area contributed by atoms with Crippen molar-refractivity contribution in [2.45, 2.75) is 36.0 Å². The predicted molar refractivity (Wildman–Crippen MR) is 153 cm³/mol. The summed E-state index contributed by atoms with van der Waals surface area (Å²) in [6, 6.07) is 13.1. The zero-order chi connectivity index (χ0) is 29.4. The Bertz CT molecular complexity index is 1410. The molecule has 4 N–H and O–H groups in total. The Kier molecular flexibility index (Phi) is 13.2. The molecule has 0 saturated carbocycles. The monoisotopic (exact) mass is 645 g/mol. The number of pyridine rings is 2. The normalized spacial score (nSPS) is 12.0. The van der Waals surface area contributed by atoms with Gasteiger partial charge in [-0.25, -0.2) is 9.97 Å². The number of aryl methyl sites for hydroxylation is 2. The van der Waals surface area contributed by atoms with Gasteiger partial charge in [-0.1, -0.05) is 0 Å². The molecule has 4 rings (SSSR count). The summed E-state index contributed by atoms with van der Waals surface area (Å²) in [6.07, 6.45) is 0. The van der Waals surface area contributed by atoms with Gasteiger partial charge in [-0.2, -0.15) is 0 Å². The van der Waals surface area contributed by atoms with Crippen molar-refractivity contribution >= 4 is 57.3 Å². The molecule has 0 spiro atoms. The number of methoxy groups -OCH3 is 2. The van der Waals surface area contributed by atoms with Crippen LogP contribution < -0.4 is 31.2 Å². The number of carbonyl (C=O) groups is 2. The second-order valence-corrected chi connectivity index (χ2v) is 10.9. The molecular weight excluding hydrogens is 616 g/mol. The first-order valence-electron chi connectivity index (χ1n) is 12.1. The van der Waals surface area contributed by atoms with Crippen LogP contribution >= 0.6 is 23.5 Å². The van der Waals surface area contributed by atoms with Crippen LogP contribution in [0, 0.1) is 13.8 Å². The molecule has 0 aliphatic rings. The minimum atomic E-state index is -1.25. The second kappa shape index (κ2) is 15.8. The molecule has 2 unspecified atom stereocenters. The molecule has 0 bridgehead atoms. The maximum atomic E-state index is 10.6. The molecule has 2 heterocycles. The molecule has 0 fully saturated rings. The maximum absolute atomic E-state index is 10.6. The molecule has 221 valence electrons. The first kappa shape index (κ1) is 34.1. The van der Waals surface area contributed by atoms with Crippen LogP contribution in [-0.4, -0.2) is 59.7 Å². The van der Waals surface area contributed by atoms with E-state index >= 15 is 0 Å². The van der Waals surface area contributed by atoms with Gasteiger partial charge < -0.3 is 40.7 Å². The van der Waals surface area contributed by atoms with Crippen molar-refractivity contribution in [3.63, 3.8) is 0 Å². The number of ether oxygens (including phenoxy) is 2. The third-order valence-electron chi connectivity index (χ3n) is 5.83. The summed E-state index contributed by atoms with van der Waals surface area (Å²) in [5.74, 6) is -0.476. The average molecular weight is 646 g/mol. The van der Waals surface area contributed by atoms with E-state index in [0.717, 1.165) is 54.5 Å². The van der Waals surface area contributed by atoms with Crippen molar-refractivity contribution in [3.8, 4) is 11.5 Å². The Morgan fingerprint density at radius 3 is 1.44 bits per heavy atom. The van der Waals surface area contributed by atoms with Crippen LogP contribution in [0.15, 0.2) is 58.6 Å². The summed E-state index contributed by atoms with van der Waals surface area (Å²) >= 11 is 2.62. The van der Waals surface area contributed by atoms with Gasteiger partial charge in [0.1, 0.15) is 11.5 Å². The summed E-state index contributed by atoms with van der Waals surface area (Å²) in [5, 5.41) is 24.7. The van der Waals surface area contributed by atoms with Crippen molar-refractivity contribution < 1.29 is 46.3 Å². The molecule has 1 radical (unpaired) electrons. The van der Waals surface area contributed by atoms with E-state index in [9.17, 15) is 19.8 Å². The molecule has 0 aliphatic carbocycles. The molecule has 13 heteroatoms. The van der Waals surface area contributed by atoms with Crippen molar-refractivity contribution in [1.29, 1.82) is 0 Å². The fourth-order valence-corrected chi connectivity index (χ4v) is 5.39. The zero-order valence-electron chi connectivity index (χ0n) is 22.8. The van der Waals surface area contributed by atoms with E-state index < -0.39 is 24.0 Å². The summed E-state index contributed by atoms with van der Waals surface area (Å²) in [7, 11) is 3.24. The Morgan fingerprint density at radius 1 is 0.756 bits per heavy atom. The molecule has 0 amide bonds. The van der Waals surface area contributed by atoms with Gasteiger partial charge in [-0.05, 0) is 73.5 Å². The number of nitrogens with zero attached hydrogens (tertiary/aromatic N) is 2. The third kappa shape index (κ3) is 9.49. The Labute approximate surface area is 257 Å². The van der Waals surface area contributed by atoms with Gasteiger partial charge >= 0.3 is 17.1 Å². The number of aromatic nitrogens is 2. The maximum Gasteiger partial charge on any atom is 2.00 e. The minimum Gasteiger partial charge on any atom is -0.548 e. The molecule has 10 nitrogen and oxygen atoms in total. The van der Waals surface area contributed by atoms with Crippen molar-refractivity contribution in [2.24, 2.45) is 11.5 Å². The van der Waals surface area contributed by atoms with Gasteiger partial charge in [0.2, 0.25) is 0 Å². The van der Waals surface area contributed by atoms with Crippen LogP contribution in [0.5, 0.6) is 11.5 Å². The van der Waals surface area contributed by atoms with Crippen molar-refractivity contribution in [2.75, 3.05) is 25.7 Å². The van der Waals surface area contributed by atoms with Gasteiger partial charge in [0.05, 0.1) is 59.3 Å². The number of carboxylic acid groups (broad SMARTS) is 2. The Morgan fingerprint density at radius 2 is 1.12 bits per heavy atom. The second-order valence-electron chi connectivity index (χ2n) is 8.79. The van der Waals surface area contributed by atoms with Crippen LogP contribution in [0.2, 0.25) is 0 Å². The van der Waals surface area contributed by atoms with Crippen molar-refractivity contribution in [3.05, 3.63) is 59.7 Å². The fraction of sp³-hybridized carbons (Fsp3) is 0.286. The molecule has 2 aromatic heterocycles. The average Bonchev–Trinajstić information content (AvgIpc) is 2.94. The number of hydrogen-bond donors (Lipinski definition) is 2. The van der Waals surface area contributed by atoms with E-state index in [2.05, 4.69) is 9.97 Å². The van der Waals surface area contributed by atoms with E-state index in [1.165, 1.54) is 23.5 Å². The van der Waals surface area contributed by atoms with E-state index in [4.69, 9.17) is 20.9 Å². The van der Waals surface area contributed by atoms with Gasteiger partial charge in [0.15, 0.2) is 0 Å². The summed E-state index contributed by atoms with van der Waals surface area (Å²) in [4.78, 5) is 30.1. The van der Waals surface area contributed by atoms with Crippen LogP contribution in [0.4, 0.5) is 0 Å². The molecule has 2 atom stereocenters. The molecule has 4 aromatic rings. The molecule has 41 heavy (non-hydrogen) atoms. The fourth-order valence-electron chi connectivity index (χ4n) is 3.57. The van der Waals surface area contributed by atoms with Gasteiger partial charge in [0.25, 0.3) is 0 Å². The van der Waals surface area contributed by atoms with Crippen molar-refractivity contribution in [1.82, 2.24) is 9.97 Å². The summed E-state index contributed by atoms with van der Waals surface area (Å²) < 4.78 is 10.4. The van der Waals surface area contributed by atoms with E-state index in [0.29, 0.717) is 0 Å². The first-order chi connectivity index (χ1) is 19.0. The topological polar surface area (TPSA) is 177 Å². The number of rotatable bonds is 10. The van der Waals surface area contributed by atoms with Crippen LogP contribution in [0.3, 0.4) is 0 Å². The quantitative estimate of drug-likeness (QED) is 0.188. The number of benzene rings is 2. The Hall–Kier alpha value is -3.06. The number of aliphatic carboxylic acids is 2. The van der Waals surface area contributed by atoms with E-state index in [1.54, 1.807) is 14.2 Å². The minimum absolute atomic E-state index is 0. The van der Waals surface area contributed by atoms with E-state index in [1.807, 2.05) is 62.4 Å². The third-order valence-corrected chi connectivity index (χ3v) is 7.89. The molecular formula is C28H30CuN4O6S2. The SMILES string of the molecule is COc1ccc2nc(SCC(N)C(=O)[O-])cc(C)c2c1.COc1ccc2nc(SCC(N)C(=O)[O-])cc(C)c2c1.[Cu+2]. The van der Waals surface area contributed by atoms with Gasteiger partial charge in [0, 0.05) is 22.3 Å². The standard InChI is InChI=1S/2C14H16N2O3S.Cu/c2*1-8-5-13(20-7-11(15)14(17)18)16-12-4-3-9(19-2)6-10(8)12;/h2*3-6,11H,7,15H2,1-2H3,(H,17,18);/q;;+2/p-2. The summed E-state index contributed by atoms with van der Waals surface area (Å²) in [6.45, 7) is 3.96. The Balaban J connectivity index is 0.000000280. The molecule has 2 aromatic carbocycles. The number of nitrogens with two attached hydrogens (primary N) is 2. The van der Waals surface area contributed by atoms with Gasteiger partial charge in [-0.15, -0.1) is 23.5 Å². The number of hydrogen-bond acceptors (Lipinski definition) is 12. The zero-order valence-corrected chi connectivity index (χ0v) is 25.4. The van der Waals surface area contributed by atoms with Crippen LogP contribution in [0.1, 0.15) is 11.1 Å². The number of fused-ring (bicyclic) bond motifs is 2. The molecule has 0 saturated heterocycles. The first-order valence-corrected chi connectivity index (χ1v) is 14.1. The largest absolute Gasteiger partial charge is 2.00 e. The summed E-state index contributed by atoms with van der Waals surface area (Å²) in [5.41, 5.74) is 14.6. The van der Waals surface area contributed by atoms with E-state index in [-0.39, 0.29) is 28.6 Å². The van der Waals surface area contributed by atoms with Crippen LogP contribution in [0.25, 0.3) is 21.8 Å². The van der Waals surface area contributed by atoms with Gasteiger partial charge in [-0.3, -0.25) is 0 Å². The number of thioether (sulfide) groups is 2.